The van der Waals surface area contributed by atoms with Gasteiger partial charge in [-0.15, -0.1) is 0 Å². The van der Waals surface area contributed by atoms with Gasteiger partial charge in [0.1, 0.15) is 11.9 Å². The van der Waals surface area contributed by atoms with Gasteiger partial charge in [0, 0.05) is 6.42 Å². The molecular weight excluding hydrogens is 164 g/mol. The number of rotatable bonds is 1. The fraction of sp³-hybridized carbons (Fsp3) is 0.455. The molecule has 2 heteroatoms. The van der Waals surface area contributed by atoms with Crippen LogP contribution in [0.3, 0.4) is 0 Å². The number of hydrogen-bond donors (Lipinski definition) is 1. The second-order valence-corrected chi connectivity index (χ2v) is 3.69. The van der Waals surface area contributed by atoms with Crippen LogP contribution in [0.25, 0.3) is 0 Å². The van der Waals surface area contributed by atoms with Crippen LogP contribution in [-0.4, -0.2) is 11.2 Å². The minimum absolute atomic E-state index is 0.114. The molecular formula is C11H14O2. The smallest absolute Gasteiger partial charge is 0.125 e. The Kier molecular flexibility index (Phi) is 2.00. The molecule has 0 saturated heterocycles. The Labute approximate surface area is 78.2 Å². The molecule has 1 aliphatic rings. The van der Waals surface area contributed by atoms with Gasteiger partial charge in [0.25, 0.3) is 0 Å². The normalized spacial score (nSPS) is 19.8. The van der Waals surface area contributed by atoms with Crippen molar-refractivity contribution in [1.29, 1.82) is 0 Å². The summed E-state index contributed by atoms with van der Waals surface area (Å²) in [5, 5.41) is 9.02. The van der Waals surface area contributed by atoms with Crippen molar-refractivity contribution >= 4 is 0 Å². The zero-order valence-corrected chi connectivity index (χ0v) is 8.00. The number of benzene rings is 1. The number of ether oxygens (including phenoxy) is 1. The van der Waals surface area contributed by atoms with Gasteiger partial charge >= 0.3 is 0 Å². The fourth-order valence-electron chi connectivity index (χ4n) is 1.89. The lowest BCUT2D eigenvalue weighted by molar-refractivity contribution is 0.253. The van der Waals surface area contributed by atoms with E-state index in [0.29, 0.717) is 0 Å². The van der Waals surface area contributed by atoms with Crippen molar-refractivity contribution < 1.29 is 9.84 Å². The zero-order chi connectivity index (χ0) is 9.42. The van der Waals surface area contributed by atoms with Crippen molar-refractivity contribution in [1.82, 2.24) is 0 Å². The zero-order valence-electron chi connectivity index (χ0n) is 8.00. The molecule has 0 radical (unpaired) electrons. The van der Waals surface area contributed by atoms with Crippen LogP contribution in [0.5, 0.6) is 5.75 Å². The van der Waals surface area contributed by atoms with Crippen LogP contribution in [0.4, 0.5) is 0 Å². The molecule has 1 N–H and O–H groups in total. The third-order valence-corrected chi connectivity index (χ3v) is 2.42. The van der Waals surface area contributed by atoms with E-state index in [1.165, 1.54) is 5.56 Å². The van der Waals surface area contributed by atoms with E-state index in [4.69, 9.17) is 9.84 Å². The van der Waals surface area contributed by atoms with Gasteiger partial charge in [0.15, 0.2) is 0 Å². The first-order valence-electron chi connectivity index (χ1n) is 4.60. The first-order valence-corrected chi connectivity index (χ1v) is 4.60. The Morgan fingerprint density at radius 2 is 2.31 bits per heavy atom. The van der Waals surface area contributed by atoms with Gasteiger partial charge in [-0.1, -0.05) is 6.07 Å². The van der Waals surface area contributed by atoms with Crippen molar-refractivity contribution in [2.24, 2.45) is 0 Å². The third kappa shape index (κ3) is 1.42. The second kappa shape index (κ2) is 3.04. The summed E-state index contributed by atoms with van der Waals surface area (Å²) in [6, 6.07) is 4.02. The lowest BCUT2D eigenvalue weighted by atomic mass is 10.0. The predicted molar refractivity (Wildman–Crippen MR) is 50.9 cm³/mol. The van der Waals surface area contributed by atoms with Crippen molar-refractivity contribution in [3.63, 3.8) is 0 Å². The molecule has 1 aromatic rings. The van der Waals surface area contributed by atoms with Gasteiger partial charge < -0.3 is 9.84 Å². The molecule has 0 amide bonds. The van der Waals surface area contributed by atoms with Crippen molar-refractivity contribution in [3.8, 4) is 5.75 Å². The van der Waals surface area contributed by atoms with Gasteiger partial charge in [0.05, 0.1) is 6.61 Å². The van der Waals surface area contributed by atoms with E-state index in [1.54, 1.807) is 0 Å². The number of aliphatic hydroxyl groups is 1. The van der Waals surface area contributed by atoms with E-state index in [0.717, 1.165) is 23.3 Å². The Hall–Kier alpha value is -1.02. The highest BCUT2D eigenvalue weighted by Gasteiger charge is 2.21. The minimum Gasteiger partial charge on any atom is -0.490 e. The molecule has 0 aliphatic carbocycles. The highest BCUT2D eigenvalue weighted by Crippen LogP contribution is 2.33. The highest BCUT2D eigenvalue weighted by atomic mass is 16.5. The average molecular weight is 178 g/mol. The van der Waals surface area contributed by atoms with E-state index in [-0.39, 0.29) is 12.7 Å². The van der Waals surface area contributed by atoms with Crippen LogP contribution in [0.2, 0.25) is 0 Å². The van der Waals surface area contributed by atoms with Crippen LogP contribution in [-0.2, 0) is 13.0 Å². The largest absolute Gasteiger partial charge is 0.490 e. The Morgan fingerprint density at radius 1 is 1.54 bits per heavy atom. The predicted octanol–water partition coefficient (Wildman–Crippen LogP) is 1.81. The molecule has 2 nitrogen and oxygen atoms in total. The molecule has 1 atom stereocenters. The van der Waals surface area contributed by atoms with Gasteiger partial charge in [0.2, 0.25) is 0 Å². The maximum atomic E-state index is 9.02. The van der Waals surface area contributed by atoms with E-state index < -0.39 is 0 Å². The molecule has 0 bridgehead atoms. The van der Waals surface area contributed by atoms with Crippen LogP contribution < -0.4 is 4.74 Å². The molecule has 1 aliphatic heterocycles. The van der Waals surface area contributed by atoms with E-state index in [2.05, 4.69) is 6.92 Å². The Balaban J connectivity index is 2.46. The van der Waals surface area contributed by atoms with Crippen LogP contribution >= 0.6 is 0 Å². The standard InChI is InChI=1S/C11H14O2/c1-7-3-9(6-12)5-10-4-8(2)13-11(7)10/h3,5,8,12H,4,6H2,1-2H3. The molecule has 70 valence electrons. The van der Waals surface area contributed by atoms with E-state index in [9.17, 15) is 0 Å². The fourth-order valence-corrected chi connectivity index (χ4v) is 1.89. The van der Waals surface area contributed by atoms with Crippen molar-refractivity contribution in [3.05, 3.63) is 28.8 Å². The van der Waals surface area contributed by atoms with Gasteiger partial charge in [-0.3, -0.25) is 0 Å². The monoisotopic (exact) mass is 178 g/mol. The van der Waals surface area contributed by atoms with Gasteiger partial charge in [-0.2, -0.15) is 0 Å². The first kappa shape index (κ1) is 8.57. The van der Waals surface area contributed by atoms with Gasteiger partial charge in [-0.05, 0) is 36.6 Å². The summed E-state index contributed by atoms with van der Waals surface area (Å²) in [4.78, 5) is 0. The molecule has 0 aromatic heterocycles. The summed E-state index contributed by atoms with van der Waals surface area (Å²) >= 11 is 0. The lowest BCUT2D eigenvalue weighted by Gasteiger charge is -2.06. The Bertz CT molecular complexity index is 331. The SMILES string of the molecule is Cc1cc(CO)cc2c1OC(C)C2. The summed E-state index contributed by atoms with van der Waals surface area (Å²) < 4.78 is 5.66. The molecule has 1 aromatic carbocycles. The maximum absolute atomic E-state index is 9.02. The Morgan fingerprint density at radius 3 is 3.00 bits per heavy atom. The lowest BCUT2D eigenvalue weighted by Crippen LogP contribution is -2.05. The minimum atomic E-state index is 0.114. The third-order valence-electron chi connectivity index (χ3n) is 2.42. The molecule has 0 spiro atoms. The van der Waals surface area contributed by atoms with Gasteiger partial charge in [-0.25, -0.2) is 0 Å². The van der Waals surface area contributed by atoms with Crippen molar-refractivity contribution in [2.45, 2.75) is 33.0 Å². The number of aryl methyl sites for hydroxylation is 1. The van der Waals surface area contributed by atoms with Crippen LogP contribution in [0.1, 0.15) is 23.6 Å². The first-order chi connectivity index (χ1) is 6.20. The molecule has 0 fully saturated rings. The van der Waals surface area contributed by atoms with E-state index >= 15 is 0 Å². The van der Waals surface area contributed by atoms with E-state index in [1.807, 2.05) is 19.1 Å². The quantitative estimate of drug-likeness (QED) is 0.710. The molecule has 1 heterocycles. The molecule has 1 unspecified atom stereocenters. The summed E-state index contributed by atoms with van der Waals surface area (Å²) in [6.45, 7) is 4.20. The van der Waals surface area contributed by atoms with Crippen LogP contribution in [0, 0.1) is 6.92 Å². The number of aliphatic hydroxyl groups excluding tert-OH is 1. The summed E-state index contributed by atoms with van der Waals surface area (Å²) in [5.74, 6) is 1.02. The molecule has 2 rings (SSSR count). The highest BCUT2D eigenvalue weighted by molar-refractivity contribution is 5.46. The molecule has 0 saturated carbocycles. The summed E-state index contributed by atoms with van der Waals surface area (Å²) in [7, 11) is 0. The number of fused-ring (bicyclic) bond motifs is 1. The van der Waals surface area contributed by atoms with Crippen LogP contribution in [0.15, 0.2) is 12.1 Å². The summed E-state index contributed by atoms with van der Waals surface area (Å²) in [5.41, 5.74) is 3.34. The molecule has 13 heavy (non-hydrogen) atoms. The number of hydrogen-bond acceptors (Lipinski definition) is 2. The average Bonchev–Trinajstić information content (AvgIpc) is 2.46. The topological polar surface area (TPSA) is 29.5 Å². The second-order valence-electron chi connectivity index (χ2n) is 3.69. The summed E-state index contributed by atoms with van der Waals surface area (Å²) in [6.07, 6.45) is 1.24. The van der Waals surface area contributed by atoms with Crippen molar-refractivity contribution in [2.75, 3.05) is 0 Å². The maximum Gasteiger partial charge on any atom is 0.125 e.